The molecular formula is C24H32N2O. The first-order valence-corrected chi connectivity index (χ1v) is 9.84. The Hall–Kier alpha value is -2.26. The second-order valence-corrected chi connectivity index (χ2v) is 7.31. The highest BCUT2D eigenvalue weighted by Crippen LogP contribution is 2.40. The number of amides is 1. The molecule has 1 atom stereocenters. The summed E-state index contributed by atoms with van der Waals surface area (Å²) in [4.78, 5) is 19.2. The quantitative estimate of drug-likeness (QED) is 0.610. The summed E-state index contributed by atoms with van der Waals surface area (Å²) in [7, 11) is 4.21. The van der Waals surface area contributed by atoms with E-state index in [2.05, 4.69) is 86.4 Å². The molecule has 0 aromatic heterocycles. The largest absolute Gasteiger partial charge is 0.307 e. The minimum Gasteiger partial charge on any atom is -0.307 e. The van der Waals surface area contributed by atoms with Crippen molar-refractivity contribution in [3.05, 3.63) is 71.8 Å². The number of carbonyl (C=O) groups excluding carboxylic acids is 1. The molecule has 0 aliphatic carbocycles. The van der Waals surface area contributed by atoms with Gasteiger partial charge in [-0.2, -0.15) is 0 Å². The lowest BCUT2D eigenvalue weighted by Crippen LogP contribution is -2.43. The summed E-state index contributed by atoms with van der Waals surface area (Å²) in [6, 6.07) is 21.3. The van der Waals surface area contributed by atoms with Gasteiger partial charge in [-0.15, -0.1) is 0 Å². The maximum absolute atomic E-state index is 12.3. The number of benzene rings is 2. The highest BCUT2D eigenvalue weighted by atomic mass is 16.1. The molecule has 2 rings (SSSR count). The maximum Gasteiger partial charge on any atom is 0.245 e. The zero-order chi connectivity index (χ0) is 19.9. The van der Waals surface area contributed by atoms with Crippen LogP contribution in [0.4, 0.5) is 0 Å². The van der Waals surface area contributed by atoms with E-state index in [-0.39, 0.29) is 5.91 Å². The van der Waals surface area contributed by atoms with Gasteiger partial charge in [0.1, 0.15) is 0 Å². The van der Waals surface area contributed by atoms with Crippen molar-refractivity contribution in [3.8, 4) is 0 Å². The Bertz CT molecular complexity index is 711. The zero-order valence-electron chi connectivity index (χ0n) is 17.3. The summed E-state index contributed by atoms with van der Waals surface area (Å²) in [5.41, 5.74) is 2.90. The number of rotatable bonds is 8. The van der Waals surface area contributed by atoms with Crippen molar-refractivity contribution in [1.29, 1.82) is 0 Å². The van der Waals surface area contributed by atoms with Crippen molar-refractivity contribution in [1.82, 2.24) is 4.90 Å². The fraction of sp³-hybridized carbons (Fsp3) is 0.417. The SMILES string of the molecule is CCC(=O)N=C(CC)C(CC(C)N(C)C)(c1ccccc1)c1ccccc1. The Balaban J connectivity index is 2.80. The third kappa shape index (κ3) is 4.72. The molecule has 0 saturated heterocycles. The van der Waals surface area contributed by atoms with Crippen LogP contribution in [0.15, 0.2) is 65.7 Å². The fourth-order valence-electron chi connectivity index (χ4n) is 3.63. The summed E-state index contributed by atoms with van der Waals surface area (Å²) in [6.07, 6.45) is 2.01. The van der Waals surface area contributed by atoms with Crippen molar-refractivity contribution in [2.75, 3.05) is 14.1 Å². The van der Waals surface area contributed by atoms with Gasteiger partial charge in [-0.05, 0) is 45.0 Å². The first kappa shape index (κ1) is 21.0. The molecule has 1 amide bonds. The molecule has 2 aromatic rings. The van der Waals surface area contributed by atoms with Gasteiger partial charge in [0.15, 0.2) is 0 Å². The van der Waals surface area contributed by atoms with Crippen molar-refractivity contribution in [2.45, 2.75) is 51.5 Å². The van der Waals surface area contributed by atoms with E-state index in [9.17, 15) is 4.79 Å². The first-order chi connectivity index (χ1) is 13.0. The lowest BCUT2D eigenvalue weighted by atomic mass is 9.66. The van der Waals surface area contributed by atoms with Gasteiger partial charge in [0.05, 0.1) is 5.41 Å². The van der Waals surface area contributed by atoms with Gasteiger partial charge in [-0.1, -0.05) is 74.5 Å². The minimum absolute atomic E-state index is 0.0550. The standard InChI is InChI=1S/C24H32N2O/c1-6-22(25-23(27)7-2)24(18-19(3)26(4)5,20-14-10-8-11-15-20)21-16-12-9-13-17-21/h8-17,19H,6-7,18H2,1-5H3. The molecule has 0 saturated carbocycles. The van der Waals surface area contributed by atoms with Crippen LogP contribution in [0.5, 0.6) is 0 Å². The number of nitrogens with zero attached hydrogens (tertiary/aromatic N) is 2. The second kappa shape index (κ2) is 9.61. The Kier molecular flexibility index (Phi) is 7.49. The summed E-state index contributed by atoms with van der Waals surface area (Å²) >= 11 is 0. The molecule has 0 radical (unpaired) electrons. The average molecular weight is 365 g/mol. The van der Waals surface area contributed by atoms with Gasteiger partial charge in [0, 0.05) is 18.2 Å². The summed E-state index contributed by atoms with van der Waals surface area (Å²) in [5, 5.41) is 0. The fourth-order valence-corrected chi connectivity index (χ4v) is 3.63. The first-order valence-electron chi connectivity index (χ1n) is 9.84. The summed E-state index contributed by atoms with van der Waals surface area (Å²) in [6.45, 7) is 6.20. The lowest BCUT2D eigenvalue weighted by molar-refractivity contribution is -0.117. The van der Waals surface area contributed by atoms with E-state index in [0.717, 1.165) is 18.6 Å². The molecule has 3 heteroatoms. The van der Waals surface area contributed by atoms with Crippen molar-refractivity contribution >= 4 is 11.6 Å². The van der Waals surface area contributed by atoms with Crippen LogP contribution < -0.4 is 0 Å². The number of hydrogen-bond donors (Lipinski definition) is 0. The van der Waals surface area contributed by atoms with Gasteiger partial charge < -0.3 is 4.90 Å². The topological polar surface area (TPSA) is 32.7 Å². The molecule has 0 heterocycles. The monoisotopic (exact) mass is 364 g/mol. The van der Waals surface area contributed by atoms with Gasteiger partial charge in [-0.25, -0.2) is 4.99 Å². The molecule has 27 heavy (non-hydrogen) atoms. The van der Waals surface area contributed by atoms with E-state index in [4.69, 9.17) is 0 Å². The molecule has 0 bridgehead atoms. The molecule has 0 aliphatic rings. The predicted molar refractivity (Wildman–Crippen MR) is 114 cm³/mol. The number of aliphatic imine (C=N–C) groups is 1. The average Bonchev–Trinajstić information content (AvgIpc) is 2.71. The molecule has 1 unspecified atom stereocenters. The van der Waals surface area contributed by atoms with E-state index in [0.29, 0.717) is 12.5 Å². The van der Waals surface area contributed by atoms with Crippen molar-refractivity contribution in [2.24, 2.45) is 4.99 Å². The molecule has 0 fully saturated rings. The van der Waals surface area contributed by atoms with Gasteiger partial charge in [-0.3, -0.25) is 4.79 Å². The third-order valence-corrected chi connectivity index (χ3v) is 5.41. The number of hydrogen-bond acceptors (Lipinski definition) is 2. The maximum atomic E-state index is 12.3. The molecular weight excluding hydrogens is 332 g/mol. The smallest absolute Gasteiger partial charge is 0.245 e. The number of carbonyl (C=O) groups is 1. The molecule has 2 aromatic carbocycles. The molecule has 0 aliphatic heterocycles. The van der Waals surface area contributed by atoms with Crippen LogP contribution in [0.1, 0.15) is 51.2 Å². The van der Waals surface area contributed by atoms with Crippen LogP contribution in [0.3, 0.4) is 0 Å². The van der Waals surface area contributed by atoms with E-state index < -0.39 is 5.41 Å². The molecule has 3 nitrogen and oxygen atoms in total. The summed E-state index contributed by atoms with van der Waals surface area (Å²) < 4.78 is 0. The van der Waals surface area contributed by atoms with Crippen LogP contribution in [0.25, 0.3) is 0 Å². The Morgan fingerprint density at radius 1 is 0.926 bits per heavy atom. The molecule has 0 spiro atoms. The van der Waals surface area contributed by atoms with Gasteiger partial charge >= 0.3 is 0 Å². The van der Waals surface area contributed by atoms with Crippen LogP contribution in [0.2, 0.25) is 0 Å². The van der Waals surface area contributed by atoms with Crippen LogP contribution in [-0.4, -0.2) is 36.7 Å². The Morgan fingerprint density at radius 3 is 1.78 bits per heavy atom. The van der Waals surface area contributed by atoms with Crippen LogP contribution >= 0.6 is 0 Å². The normalized spacial score (nSPS) is 13.6. The lowest BCUT2D eigenvalue weighted by Gasteiger charge is -2.40. The third-order valence-electron chi connectivity index (χ3n) is 5.41. The Morgan fingerprint density at radius 2 is 1.41 bits per heavy atom. The van der Waals surface area contributed by atoms with Gasteiger partial charge in [0.25, 0.3) is 0 Å². The van der Waals surface area contributed by atoms with E-state index >= 15 is 0 Å². The molecule has 144 valence electrons. The summed E-state index contributed by atoms with van der Waals surface area (Å²) in [5.74, 6) is -0.0550. The zero-order valence-corrected chi connectivity index (χ0v) is 17.3. The highest BCUT2D eigenvalue weighted by molar-refractivity contribution is 6.04. The minimum atomic E-state index is -0.425. The second-order valence-electron chi connectivity index (χ2n) is 7.31. The van der Waals surface area contributed by atoms with E-state index in [1.165, 1.54) is 11.1 Å². The van der Waals surface area contributed by atoms with E-state index in [1.54, 1.807) is 0 Å². The highest BCUT2D eigenvalue weighted by Gasteiger charge is 2.40. The predicted octanol–water partition coefficient (Wildman–Crippen LogP) is 5.10. The van der Waals surface area contributed by atoms with Crippen LogP contribution in [0, 0.1) is 0 Å². The van der Waals surface area contributed by atoms with Gasteiger partial charge in [0.2, 0.25) is 5.91 Å². The van der Waals surface area contributed by atoms with E-state index in [1.807, 2.05) is 19.1 Å². The molecule has 0 N–H and O–H groups in total. The Labute approximate surface area is 164 Å². The van der Waals surface area contributed by atoms with Crippen molar-refractivity contribution < 1.29 is 4.79 Å². The van der Waals surface area contributed by atoms with Crippen LogP contribution in [-0.2, 0) is 10.2 Å². The van der Waals surface area contributed by atoms with Crippen molar-refractivity contribution in [3.63, 3.8) is 0 Å².